The molecule has 1 N–H and O–H groups in total. The van der Waals surface area contributed by atoms with Crippen molar-refractivity contribution < 1.29 is 13.2 Å². The van der Waals surface area contributed by atoms with Gasteiger partial charge in [-0.15, -0.1) is 0 Å². The van der Waals surface area contributed by atoms with Crippen molar-refractivity contribution in [3.8, 4) is 0 Å². The molecule has 0 aliphatic carbocycles. The molecular formula is C18H19ClN2O3S. The molecule has 132 valence electrons. The minimum Gasteiger partial charge on any atom is -0.321 e. The Labute approximate surface area is 152 Å². The zero-order valence-corrected chi connectivity index (χ0v) is 15.1. The van der Waals surface area contributed by atoms with Crippen LogP contribution in [0.3, 0.4) is 0 Å². The number of nitrogens with one attached hydrogen (secondary N) is 1. The number of anilines is 1. The molecule has 25 heavy (non-hydrogen) atoms. The van der Waals surface area contributed by atoms with E-state index in [1.54, 1.807) is 59.5 Å². The smallest absolute Gasteiger partial charge is 0.321 e. The number of carbonyl (C=O) groups is 1. The lowest BCUT2D eigenvalue weighted by Crippen LogP contribution is -2.42. The van der Waals surface area contributed by atoms with Crippen LogP contribution in [0.4, 0.5) is 10.5 Å². The van der Waals surface area contributed by atoms with Gasteiger partial charge in [-0.3, -0.25) is 0 Å². The number of rotatable bonds is 4. The number of halogens is 1. The molecule has 2 aromatic rings. The molecule has 2 aromatic carbocycles. The van der Waals surface area contributed by atoms with Gasteiger partial charge in [-0.1, -0.05) is 41.9 Å². The Balaban J connectivity index is 1.72. The molecule has 2 amide bonds. The second kappa shape index (κ2) is 7.45. The van der Waals surface area contributed by atoms with Crippen LogP contribution in [0.25, 0.3) is 0 Å². The Morgan fingerprint density at radius 2 is 1.80 bits per heavy atom. The number of carbonyl (C=O) groups excluding carboxylic acids is 1. The highest BCUT2D eigenvalue weighted by molar-refractivity contribution is 7.91. The van der Waals surface area contributed by atoms with Crippen LogP contribution < -0.4 is 5.32 Å². The van der Waals surface area contributed by atoms with Gasteiger partial charge in [0, 0.05) is 12.6 Å². The van der Waals surface area contributed by atoms with Gasteiger partial charge in [0.25, 0.3) is 0 Å². The maximum atomic E-state index is 12.6. The Bertz CT molecular complexity index is 856. The van der Waals surface area contributed by atoms with E-state index in [1.807, 2.05) is 0 Å². The van der Waals surface area contributed by atoms with Crippen LogP contribution in [0.5, 0.6) is 0 Å². The molecule has 1 saturated heterocycles. The highest BCUT2D eigenvalue weighted by Gasteiger charge is 2.33. The first-order valence-corrected chi connectivity index (χ1v) is 10.1. The lowest BCUT2D eigenvalue weighted by molar-refractivity contribution is 0.210. The standard InChI is InChI=1S/C18H19ClN2O3S/c19-16-10-4-5-11-17(16)20-18(22)21-12-6-7-14(21)13-25(23,24)15-8-2-1-3-9-15/h1-5,8-11,14H,6-7,12-13H2,(H,20,22). The van der Waals surface area contributed by atoms with Crippen LogP contribution in [-0.2, 0) is 9.84 Å². The van der Waals surface area contributed by atoms with Crippen LogP contribution in [0.1, 0.15) is 12.8 Å². The number of nitrogens with zero attached hydrogens (tertiary/aromatic N) is 1. The zero-order valence-electron chi connectivity index (χ0n) is 13.6. The summed E-state index contributed by atoms with van der Waals surface area (Å²) in [5, 5.41) is 3.22. The number of likely N-dealkylation sites (tertiary alicyclic amines) is 1. The third-order valence-electron chi connectivity index (χ3n) is 4.27. The van der Waals surface area contributed by atoms with Gasteiger partial charge in [0.1, 0.15) is 0 Å². The van der Waals surface area contributed by atoms with Crippen LogP contribution in [0.2, 0.25) is 5.02 Å². The van der Waals surface area contributed by atoms with Crippen LogP contribution >= 0.6 is 11.6 Å². The highest BCUT2D eigenvalue weighted by Crippen LogP contribution is 2.25. The minimum absolute atomic E-state index is 0.0764. The fourth-order valence-electron chi connectivity index (χ4n) is 3.00. The summed E-state index contributed by atoms with van der Waals surface area (Å²) in [6.07, 6.45) is 1.45. The van der Waals surface area contributed by atoms with E-state index in [2.05, 4.69) is 5.32 Å². The van der Waals surface area contributed by atoms with E-state index in [4.69, 9.17) is 11.6 Å². The van der Waals surface area contributed by atoms with E-state index >= 15 is 0 Å². The second-order valence-corrected chi connectivity index (χ2v) is 8.44. The third kappa shape index (κ3) is 4.14. The Morgan fingerprint density at radius 1 is 1.12 bits per heavy atom. The monoisotopic (exact) mass is 378 g/mol. The Morgan fingerprint density at radius 3 is 2.52 bits per heavy atom. The van der Waals surface area contributed by atoms with E-state index in [-0.39, 0.29) is 22.7 Å². The van der Waals surface area contributed by atoms with Gasteiger partial charge >= 0.3 is 6.03 Å². The fourth-order valence-corrected chi connectivity index (χ4v) is 4.80. The Kier molecular flexibility index (Phi) is 5.30. The van der Waals surface area contributed by atoms with E-state index < -0.39 is 9.84 Å². The molecule has 0 radical (unpaired) electrons. The molecule has 1 aliphatic heterocycles. The number of benzene rings is 2. The van der Waals surface area contributed by atoms with Gasteiger partial charge in [-0.25, -0.2) is 13.2 Å². The molecule has 3 rings (SSSR count). The van der Waals surface area contributed by atoms with Crippen molar-refractivity contribution >= 4 is 33.2 Å². The van der Waals surface area contributed by atoms with E-state index in [0.717, 1.165) is 6.42 Å². The first-order valence-electron chi connectivity index (χ1n) is 8.07. The number of sulfone groups is 1. The molecule has 1 fully saturated rings. The summed E-state index contributed by atoms with van der Waals surface area (Å²) >= 11 is 6.07. The third-order valence-corrected chi connectivity index (χ3v) is 6.41. The number of amides is 2. The van der Waals surface area contributed by atoms with Crippen LogP contribution in [-0.4, -0.2) is 37.7 Å². The maximum Gasteiger partial charge on any atom is 0.322 e. The Hall–Kier alpha value is -2.05. The first-order chi connectivity index (χ1) is 12.0. The van der Waals surface area contributed by atoms with Crippen molar-refractivity contribution in [2.24, 2.45) is 0 Å². The van der Waals surface area contributed by atoms with Gasteiger partial charge in [-0.2, -0.15) is 0 Å². The first kappa shape index (κ1) is 17.8. The van der Waals surface area contributed by atoms with Crippen molar-refractivity contribution in [2.75, 3.05) is 17.6 Å². The summed E-state index contributed by atoms with van der Waals surface area (Å²) in [5.74, 6) is -0.0764. The number of para-hydroxylation sites is 1. The normalized spacial score (nSPS) is 17.5. The topological polar surface area (TPSA) is 66.5 Å². The molecule has 1 unspecified atom stereocenters. The van der Waals surface area contributed by atoms with Gasteiger partial charge in [-0.05, 0) is 37.1 Å². The quantitative estimate of drug-likeness (QED) is 0.879. The molecular weight excluding hydrogens is 360 g/mol. The summed E-state index contributed by atoms with van der Waals surface area (Å²) in [6.45, 7) is 0.533. The van der Waals surface area contributed by atoms with Gasteiger partial charge in [0.15, 0.2) is 9.84 Å². The SMILES string of the molecule is O=C(Nc1ccccc1Cl)N1CCCC1CS(=O)(=O)c1ccccc1. The average molecular weight is 379 g/mol. The highest BCUT2D eigenvalue weighted by atomic mass is 35.5. The second-order valence-electron chi connectivity index (χ2n) is 5.99. The van der Waals surface area contributed by atoms with Crippen molar-refractivity contribution in [1.82, 2.24) is 4.90 Å². The number of hydrogen-bond acceptors (Lipinski definition) is 3. The summed E-state index contributed by atoms with van der Waals surface area (Å²) in [7, 11) is -3.44. The summed E-state index contributed by atoms with van der Waals surface area (Å²) in [5.41, 5.74) is 0.519. The van der Waals surface area contributed by atoms with E-state index in [0.29, 0.717) is 23.7 Å². The van der Waals surface area contributed by atoms with Crippen molar-refractivity contribution in [3.05, 3.63) is 59.6 Å². The fraction of sp³-hybridized carbons (Fsp3) is 0.278. The molecule has 0 saturated carbocycles. The van der Waals surface area contributed by atoms with Crippen LogP contribution in [0.15, 0.2) is 59.5 Å². The summed E-state index contributed by atoms with van der Waals surface area (Å²) < 4.78 is 25.2. The van der Waals surface area contributed by atoms with Crippen LogP contribution in [0, 0.1) is 0 Å². The van der Waals surface area contributed by atoms with Gasteiger partial charge < -0.3 is 10.2 Å². The maximum absolute atomic E-state index is 12.6. The van der Waals surface area contributed by atoms with Crippen molar-refractivity contribution in [3.63, 3.8) is 0 Å². The van der Waals surface area contributed by atoms with Crippen molar-refractivity contribution in [2.45, 2.75) is 23.8 Å². The molecule has 0 bridgehead atoms. The number of hydrogen-bond donors (Lipinski definition) is 1. The number of urea groups is 1. The summed E-state index contributed by atoms with van der Waals surface area (Å²) in [4.78, 5) is 14.4. The van der Waals surface area contributed by atoms with Gasteiger partial charge in [0.2, 0.25) is 0 Å². The van der Waals surface area contributed by atoms with Crippen molar-refractivity contribution in [1.29, 1.82) is 0 Å². The molecule has 1 atom stereocenters. The lowest BCUT2D eigenvalue weighted by atomic mass is 10.2. The molecule has 1 heterocycles. The van der Waals surface area contributed by atoms with E-state index in [1.165, 1.54) is 0 Å². The molecule has 7 heteroatoms. The predicted octanol–water partition coefficient (Wildman–Crippen LogP) is 3.81. The molecule has 1 aliphatic rings. The molecule has 0 aromatic heterocycles. The zero-order chi connectivity index (χ0) is 17.9. The minimum atomic E-state index is -3.44. The molecule has 5 nitrogen and oxygen atoms in total. The lowest BCUT2D eigenvalue weighted by Gasteiger charge is -2.25. The summed E-state index contributed by atoms with van der Waals surface area (Å²) in [6, 6.07) is 14.6. The largest absolute Gasteiger partial charge is 0.322 e. The predicted molar refractivity (Wildman–Crippen MR) is 98.7 cm³/mol. The molecule has 0 spiro atoms. The van der Waals surface area contributed by atoms with Gasteiger partial charge in [0.05, 0.1) is 21.4 Å². The average Bonchev–Trinajstić information content (AvgIpc) is 3.05. The van der Waals surface area contributed by atoms with E-state index in [9.17, 15) is 13.2 Å².